The molecule has 0 aliphatic carbocycles. The monoisotopic (exact) mass is 432 g/mol. The fourth-order valence-electron chi connectivity index (χ4n) is 3.45. The van der Waals surface area contributed by atoms with Crippen LogP contribution in [0.25, 0.3) is 6.08 Å². The topological polar surface area (TPSA) is 26.3 Å². The van der Waals surface area contributed by atoms with E-state index in [0.29, 0.717) is 17.2 Å². The molecule has 0 aliphatic heterocycles. The molecule has 0 N–H and O–H groups in total. The lowest BCUT2D eigenvalue weighted by molar-refractivity contribution is 0.104. The Morgan fingerprint density at radius 3 is 2.39 bits per heavy atom. The Hall–Kier alpha value is -2.84. The number of benzene rings is 3. The molecular weight excluding hydrogens is 404 g/mol. The minimum atomic E-state index is -0.0706. The van der Waals surface area contributed by atoms with Crippen molar-refractivity contribution in [2.24, 2.45) is 0 Å². The molecule has 3 aromatic rings. The van der Waals surface area contributed by atoms with E-state index in [1.54, 1.807) is 24.3 Å². The van der Waals surface area contributed by atoms with Crippen LogP contribution in [0.4, 0.5) is 0 Å². The zero-order valence-electron chi connectivity index (χ0n) is 18.5. The molecule has 0 saturated carbocycles. The summed E-state index contributed by atoms with van der Waals surface area (Å²) < 4.78 is 6.18. The lowest BCUT2D eigenvalue weighted by Gasteiger charge is -2.12. The Bertz CT molecular complexity index is 1060. The van der Waals surface area contributed by atoms with Crippen LogP contribution in [0.5, 0.6) is 5.75 Å². The SMILES string of the molecule is CCCc1ccc(/C=C/C(=O)c2cccc(Cl)c2C)c(OCc2ccc(CC)cc2)c1. The first-order valence-corrected chi connectivity index (χ1v) is 11.2. The van der Waals surface area contributed by atoms with Gasteiger partial charge in [0.2, 0.25) is 0 Å². The first kappa shape index (κ1) is 22.8. The van der Waals surface area contributed by atoms with Crippen LogP contribution in [0.3, 0.4) is 0 Å². The lowest BCUT2D eigenvalue weighted by atomic mass is 10.0. The number of ether oxygens (including phenoxy) is 1. The van der Waals surface area contributed by atoms with Gasteiger partial charge in [0.15, 0.2) is 5.78 Å². The molecule has 0 heterocycles. The third-order valence-electron chi connectivity index (χ3n) is 5.39. The van der Waals surface area contributed by atoms with Crippen LogP contribution in [0, 0.1) is 6.92 Å². The maximum atomic E-state index is 12.7. The van der Waals surface area contributed by atoms with E-state index in [-0.39, 0.29) is 5.78 Å². The molecule has 0 fully saturated rings. The van der Waals surface area contributed by atoms with E-state index in [4.69, 9.17) is 16.3 Å². The van der Waals surface area contributed by atoms with Gasteiger partial charge in [-0.2, -0.15) is 0 Å². The largest absolute Gasteiger partial charge is 0.488 e. The zero-order valence-corrected chi connectivity index (χ0v) is 19.2. The fourth-order valence-corrected chi connectivity index (χ4v) is 3.62. The summed E-state index contributed by atoms with van der Waals surface area (Å²) in [5.74, 6) is 0.719. The first-order valence-electron chi connectivity index (χ1n) is 10.8. The second-order valence-corrected chi connectivity index (χ2v) is 8.10. The average molecular weight is 433 g/mol. The predicted octanol–water partition coefficient (Wildman–Crippen LogP) is 7.64. The summed E-state index contributed by atoms with van der Waals surface area (Å²) >= 11 is 6.17. The summed E-state index contributed by atoms with van der Waals surface area (Å²) in [6, 6.07) is 20.1. The van der Waals surface area contributed by atoms with Crippen molar-refractivity contribution in [3.8, 4) is 5.75 Å². The van der Waals surface area contributed by atoms with Gasteiger partial charge in [0, 0.05) is 16.1 Å². The molecular formula is C28H29ClO2. The van der Waals surface area contributed by atoms with Crippen molar-refractivity contribution in [1.82, 2.24) is 0 Å². The third-order valence-corrected chi connectivity index (χ3v) is 5.80. The molecule has 0 aliphatic rings. The first-order chi connectivity index (χ1) is 15.0. The number of carbonyl (C=O) groups excluding carboxylic acids is 1. The quantitative estimate of drug-likeness (QED) is 0.256. The van der Waals surface area contributed by atoms with Gasteiger partial charge in [-0.15, -0.1) is 0 Å². The van der Waals surface area contributed by atoms with Crippen molar-refractivity contribution in [2.75, 3.05) is 0 Å². The average Bonchev–Trinajstić information content (AvgIpc) is 2.79. The van der Waals surface area contributed by atoms with Gasteiger partial charge < -0.3 is 4.74 Å². The maximum Gasteiger partial charge on any atom is 0.186 e. The Morgan fingerprint density at radius 2 is 1.68 bits per heavy atom. The van der Waals surface area contributed by atoms with Gasteiger partial charge in [-0.25, -0.2) is 0 Å². The highest BCUT2D eigenvalue weighted by Gasteiger charge is 2.09. The molecule has 2 nitrogen and oxygen atoms in total. The van der Waals surface area contributed by atoms with Crippen molar-refractivity contribution < 1.29 is 9.53 Å². The Kier molecular flexibility index (Phi) is 8.08. The molecule has 0 saturated heterocycles. The van der Waals surface area contributed by atoms with E-state index in [9.17, 15) is 4.79 Å². The number of aryl methyl sites for hydroxylation is 2. The standard InChI is InChI=1S/C28H29ClO2/c1-4-7-22-14-15-24(16-17-27(30)25-8-6-9-26(29)20(25)3)28(18-22)31-19-23-12-10-21(5-2)11-13-23/h6,8-18H,4-5,7,19H2,1-3H3/b17-16+. The molecule has 0 atom stereocenters. The van der Waals surface area contributed by atoms with Crippen molar-refractivity contribution >= 4 is 23.5 Å². The zero-order chi connectivity index (χ0) is 22.2. The van der Waals surface area contributed by atoms with E-state index in [2.05, 4.69) is 50.2 Å². The molecule has 0 spiro atoms. The Balaban J connectivity index is 1.82. The van der Waals surface area contributed by atoms with Crippen molar-refractivity contribution in [3.05, 3.63) is 105 Å². The van der Waals surface area contributed by atoms with Gasteiger partial charge in [-0.1, -0.05) is 80.4 Å². The summed E-state index contributed by atoms with van der Waals surface area (Å²) in [5.41, 5.74) is 5.96. The van der Waals surface area contributed by atoms with Crippen molar-refractivity contribution in [1.29, 1.82) is 0 Å². The normalized spacial score (nSPS) is 11.1. The highest BCUT2D eigenvalue weighted by molar-refractivity contribution is 6.32. The fraction of sp³-hybridized carbons (Fsp3) is 0.250. The van der Waals surface area contributed by atoms with E-state index < -0.39 is 0 Å². The predicted molar refractivity (Wildman–Crippen MR) is 130 cm³/mol. The summed E-state index contributed by atoms with van der Waals surface area (Å²) in [6.45, 7) is 6.66. The number of rotatable bonds is 9. The Morgan fingerprint density at radius 1 is 0.968 bits per heavy atom. The Labute approximate surface area is 190 Å². The second kappa shape index (κ2) is 11.0. The number of hydrogen-bond acceptors (Lipinski definition) is 2. The van der Waals surface area contributed by atoms with Crippen molar-refractivity contribution in [3.63, 3.8) is 0 Å². The molecule has 3 aromatic carbocycles. The minimum Gasteiger partial charge on any atom is -0.488 e. The van der Waals surface area contributed by atoms with Crippen LogP contribution < -0.4 is 4.74 Å². The molecule has 3 rings (SSSR count). The van der Waals surface area contributed by atoms with E-state index >= 15 is 0 Å². The van der Waals surface area contributed by atoms with Crippen molar-refractivity contribution in [2.45, 2.75) is 46.6 Å². The van der Waals surface area contributed by atoms with Gasteiger partial charge in [0.25, 0.3) is 0 Å². The van der Waals surface area contributed by atoms with Crippen LogP contribution in [-0.2, 0) is 19.4 Å². The number of allylic oxidation sites excluding steroid dienone is 1. The maximum absolute atomic E-state index is 12.7. The van der Waals surface area contributed by atoms with Crippen LogP contribution in [0.15, 0.2) is 66.7 Å². The van der Waals surface area contributed by atoms with Gasteiger partial charge in [0.1, 0.15) is 12.4 Å². The summed E-state index contributed by atoms with van der Waals surface area (Å²) in [7, 11) is 0. The molecule has 0 bridgehead atoms. The van der Waals surface area contributed by atoms with Gasteiger partial charge >= 0.3 is 0 Å². The molecule has 31 heavy (non-hydrogen) atoms. The number of carbonyl (C=O) groups is 1. The highest BCUT2D eigenvalue weighted by Crippen LogP contribution is 2.25. The summed E-state index contributed by atoms with van der Waals surface area (Å²) in [6.07, 6.45) is 6.51. The molecule has 160 valence electrons. The van der Waals surface area contributed by atoms with E-state index in [1.165, 1.54) is 11.1 Å². The number of halogens is 1. The van der Waals surface area contributed by atoms with Gasteiger partial charge in [-0.3, -0.25) is 4.79 Å². The van der Waals surface area contributed by atoms with Crippen LogP contribution >= 0.6 is 11.6 Å². The molecule has 0 radical (unpaired) electrons. The molecule has 0 aromatic heterocycles. The lowest BCUT2D eigenvalue weighted by Crippen LogP contribution is -2.00. The summed E-state index contributed by atoms with van der Waals surface area (Å²) in [5, 5.41) is 0.598. The smallest absolute Gasteiger partial charge is 0.186 e. The van der Waals surface area contributed by atoms with Crippen LogP contribution in [0.2, 0.25) is 5.02 Å². The molecule has 0 amide bonds. The van der Waals surface area contributed by atoms with E-state index in [1.807, 2.05) is 19.1 Å². The molecule has 0 unspecified atom stereocenters. The second-order valence-electron chi connectivity index (χ2n) is 7.69. The van der Waals surface area contributed by atoms with Crippen LogP contribution in [0.1, 0.15) is 58.4 Å². The number of ketones is 1. The van der Waals surface area contributed by atoms with E-state index in [0.717, 1.165) is 41.7 Å². The van der Waals surface area contributed by atoms with Crippen LogP contribution in [-0.4, -0.2) is 5.78 Å². The third kappa shape index (κ3) is 6.08. The highest BCUT2D eigenvalue weighted by atomic mass is 35.5. The van der Waals surface area contributed by atoms with Gasteiger partial charge in [-0.05, 0) is 66.3 Å². The number of hydrogen-bond donors (Lipinski definition) is 0. The molecule has 3 heteroatoms. The summed E-state index contributed by atoms with van der Waals surface area (Å²) in [4.78, 5) is 12.7. The minimum absolute atomic E-state index is 0.0706. The van der Waals surface area contributed by atoms with Gasteiger partial charge in [0.05, 0.1) is 0 Å².